The van der Waals surface area contributed by atoms with Crippen molar-refractivity contribution in [1.82, 2.24) is 0 Å². The molecule has 0 N–H and O–H groups in total. The molecule has 4 heteroatoms. The highest BCUT2D eigenvalue weighted by Crippen LogP contribution is 2.66. The van der Waals surface area contributed by atoms with Gasteiger partial charge in [-0.15, -0.1) is 0 Å². The maximum absolute atomic E-state index is 7.16. The molecule has 1 aliphatic carbocycles. The van der Waals surface area contributed by atoms with Gasteiger partial charge in [-0.1, -0.05) is 146 Å². The molecule has 0 spiro atoms. The van der Waals surface area contributed by atoms with Gasteiger partial charge in [0.25, 0.3) is 0 Å². The molecule has 236 valence electrons. The second-order valence-corrected chi connectivity index (χ2v) is 14.2. The topological polar surface area (TPSA) is 18.5 Å². The normalized spacial score (nSPS) is 19.4. The molecule has 0 aliphatic heterocycles. The molecule has 0 aromatic heterocycles. The Labute approximate surface area is 310 Å². The molecule has 6 aromatic rings. The lowest BCUT2D eigenvalue weighted by Crippen LogP contribution is -2.44. The van der Waals surface area contributed by atoms with Crippen molar-refractivity contribution >= 4 is 67.5 Å². The van der Waals surface area contributed by atoms with Crippen molar-refractivity contribution in [1.29, 1.82) is 0 Å². The number of rotatable bonds is 8. The Hall–Kier alpha value is -3.82. The molecule has 0 saturated carbocycles. The van der Waals surface area contributed by atoms with Crippen LogP contribution in [0.4, 0.5) is 0 Å². The summed E-state index contributed by atoms with van der Waals surface area (Å²) < 4.78 is 16.6. The molecule has 0 atom stereocenters. The van der Waals surface area contributed by atoms with Crippen LogP contribution in [0.15, 0.2) is 170 Å². The van der Waals surface area contributed by atoms with Crippen molar-refractivity contribution in [2.24, 2.45) is 0 Å². The number of benzene rings is 6. The fourth-order valence-corrected chi connectivity index (χ4v) is 8.07. The molecule has 6 aromatic carbocycles. The van der Waals surface area contributed by atoms with Crippen molar-refractivity contribution in [3.63, 3.8) is 0 Å². The zero-order chi connectivity index (χ0) is 33.1. The van der Waals surface area contributed by atoms with E-state index in [9.17, 15) is 0 Å². The zero-order valence-corrected chi connectivity index (χ0v) is 31.1. The second-order valence-electron chi connectivity index (χ2n) is 11.7. The van der Waals surface area contributed by atoms with Crippen LogP contribution in [0.2, 0.25) is 0 Å². The number of hydrogen-bond acceptors (Lipinski definition) is 2. The van der Waals surface area contributed by atoms with E-state index in [2.05, 4.69) is 215 Å². The number of halogens is 2. The first-order valence-corrected chi connectivity index (χ1v) is 18.0. The summed E-state index contributed by atoms with van der Waals surface area (Å²) in [6.07, 6.45) is 0. The van der Waals surface area contributed by atoms with E-state index in [0.717, 1.165) is 62.8 Å². The van der Waals surface area contributed by atoms with E-state index >= 15 is 0 Å². The first-order valence-electron chi connectivity index (χ1n) is 15.9. The predicted molar refractivity (Wildman–Crippen MR) is 215 cm³/mol. The molecule has 0 fully saturated rings. The summed E-state index contributed by atoms with van der Waals surface area (Å²) in [7, 11) is 3.69. The fraction of sp³-hybridized carbons (Fsp3) is 0.0909. The Morgan fingerprint density at radius 2 is 0.562 bits per heavy atom. The van der Waals surface area contributed by atoms with Crippen LogP contribution < -0.4 is 0 Å². The molecular weight excluding hydrogens is 814 g/mol. The van der Waals surface area contributed by atoms with Gasteiger partial charge < -0.3 is 9.47 Å². The first kappa shape index (κ1) is 32.7. The van der Waals surface area contributed by atoms with Gasteiger partial charge >= 0.3 is 0 Å². The average molecular weight is 849 g/mol. The van der Waals surface area contributed by atoms with Crippen molar-refractivity contribution in [2.75, 3.05) is 14.2 Å². The number of methoxy groups -OCH3 is 2. The molecule has 2 nitrogen and oxygen atoms in total. The van der Waals surface area contributed by atoms with E-state index in [-0.39, 0.29) is 0 Å². The molecule has 0 amide bonds. The Balaban J connectivity index is 1.82. The van der Waals surface area contributed by atoms with E-state index in [1.165, 1.54) is 0 Å². The van der Waals surface area contributed by atoms with Crippen LogP contribution in [0.25, 0.3) is 22.3 Å². The molecule has 0 radical (unpaired) electrons. The maximum atomic E-state index is 7.16. The quantitative estimate of drug-likeness (QED) is 0.142. The van der Waals surface area contributed by atoms with E-state index in [1.54, 1.807) is 0 Å². The van der Waals surface area contributed by atoms with Gasteiger partial charge in [0.2, 0.25) is 0 Å². The summed E-state index contributed by atoms with van der Waals surface area (Å²) in [5, 5.41) is 0. The highest BCUT2D eigenvalue weighted by atomic mass is 127. The second kappa shape index (κ2) is 14.0. The van der Waals surface area contributed by atoms with E-state index in [0.29, 0.717) is 0 Å². The highest BCUT2D eigenvalue weighted by Gasteiger charge is 2.57. The summed E-state index contributed by atoms with van der Waals surface area (Å²) >= 11 is 4.76. The molecule has 1 aliphatic rings. The van der Waals surface area contributed by atoms with Gasteiger partial charge in [-0.3, -0.25) is 0 Å². The minimum absolute atomic E-state index is 1.04. The molecule has 0 saturated heterocycles. The largest absolute Gasteiger partial charge is 0.364 e. The fourth-order valence-electron chi connectivity index (χ4n) is 7.35. The van der Waals surface area contributed by atoms with Crippen molar-refractivity contribution in [3.05, 3.63) is 210 Å². The molecule has 0 bridgehead atoms. The summed E-state index contributed by atoms with van der Waals surface area (Å²) in [5.74, 6) is 0. The van der Waals surface area contributed by atoms with Gasteiger partial charge in [0.05, 0.1) is 0 Å². The van der Waals surface area contributed by atoms with Crippen LogP contribution in [-0.2, 0) is 20.7 Å². The van der Waals surface area contributed by atoms with Crippen molar-refractivity contribution in [2.45, 2.75) is 11.2 Å². The molecule has 48 heavy (non-hydrogen) atoms. The van der Waals surface area contributed by atoms with Gasteiger partial charge in [-0.05, 0) is 103 Å². The van der Waals surface area contributed by atoms with E-state index < -0.39 is 11.2 Å². The van der Waals surface area contributed by atoms with Gasteiger partial charge in [0.15, 0.2) is 0 Å². The van der Waals surface area contributed by atoms with Crippen LogP contribution in [-0.4, -0.2) is 14.2 Å². The van der Waals surface area contributed by atoms with Gasteiger partial charge in [-0.2, -0.15) is 0 Å². The summed E-state index contributed by atoms with van der Waals surface area (Å²) in [6, 6.07) is 60.3. The molecule has 0 unspecified atom stereocenters. The predicted octanol–water partition coefficient (Wildman–Crippen LogP) is 11.5. The smallest absolute Gasteiger partial charge is 0.145 e. The first-order chi connectivity index (χ1) is 23.5. The summed E-state index contributed by atoms with van der Waals surface area (Å²) in [4.78, 5) is 0. The lowest BCUT2D eigenvalue weighted by molar-refractivity contribution is 0.0683. The van der Waals surface area contributed by atoms with Crippen LogP contribution >= 0.6 is 45.2 Å². The zero-order valence-electron chi connectivity index (χ0n) is 26.7. The third-order valence-electron chi connectivity index (χ3n) is 9.27. The van der Waals surface area contributed by atoms with Crippen molar-refractivity contribution in [3.8, 4) is 0 Å². The summed E-state index contributed by atoms with van der Waals surface area (Å²) in [5.41, 5.74) is 8.38. The van der Waals surface area contributed by atoms with E-state index in [1.807, 2.05) is 14.2 Å². The lowest BCUT2D eigenvalue weighted by atomic mass is 9.58. The molecule has 7 rings (SSSR count). The average Bonchev–Trinajstić information content (AvgIpc) is 3.15. The Bertz CT molecular complexity index is 1820. The third-order valence-corrected chi connectivity index (χ3v) is 10.7. The standard InChI is InChI=1S/C44H34I2O2/c1-47-43(35-23-27-37(45)28-24-35)39(31-15-7-3-8-16-31)41(33-19-11-5-12-20-33)44(48-2,36-25-29-38(46)30-26-36)42(34-21-13-6-14-22-34)40(43)32-17-9-4-10-18-32/h3-30H,1-2H3. The lowest BCUT2D eigenvalue weighted by Gasteiger charge is -2.52. The number of ether oxygens (including phenoxy) is 2. The SMILES string of the molecule is COC1(c2ccc(I)cc2)C(c2ccccc2)=C(c2ccccc2)C(OC)(c2ccc(I)cc2)C(c2ccccc2)=C1c1ccccc1. The minimum Gasteiger partial charge on any atom is -0.364 e. The van der Waals surface area contributed by atoms with Crippen molar-refractivity contribution < 1.29 is 9.47 Å². The Morgan fingerprint density at radius 3 is 0.771 bits per heavy atom. The monoisotopic (exact) mass is 848 g/mol. The van der Waals surface area contributed by atoms with Gasteiger partial charge in [0, 0.05) is 43.7 Å². The van der Waals surface area contributed by atoms with Gasteiger partial charge in [-0.25, -0.2) is 0 Å². The summed E-state index contributed by atoms with van der Waals surface area (Å²) in [6.45, 7) is 0. The number of hydrogen-bond donors (Lipinski definition) is 0. The Kier molecular flexibility index (Phi) is 9.52. The van der Waals surface area contributed by atoms with Crippen LogP contribution in [0.3, 0.4) is 0 Å². The Morgan fingerprint density at radius 1 is 0.333 bits per heavy atom. The third kappa shape index (κ3) is 5.49. The van der Waals surface area contributed by atoms with E-state index in [4.69, 9.17) is 9.47 Å². The van der Waals surface area contributed by atoms with Crippen LogP contribution in [0.1, 0.15) is 33.4 Å². The van der Waals surface area contributed by atoms with Gasteiger partial charge in [0.1, 0.15) is 11.2 Å². The van der Waals surface area contributed by atoms with Crippen LogP contribution in [0, 0.1) is 7.14 Å². The molecule has 0 heterocycles. The van der Waals surface area contributed by atoms with Crippen LogP contribution in [0.5, 0.6) is 0 Å². The minimum atomic E-state index is -1.05. The maximum Gasteiger partial charge on any atom is 0.145 e. The molecular formula is C44H34I2O2. The highest BCUT2D eigenvalue weighted by molar-refractivity contribution is 14.1.